The van der Waals surface area contributed by atoms with Gasteiger partial charge < -0.3 is 19.9 Å². The van der Waals surface area contributed by atoms with Crippen LogP contribution in [0.25, 0.3) is 0 Å². The van der Waals surface area contributed by atoms with Crippen molar-refractivity contribution in [1.82, 2.24) is 4.90 Å². The minimum Gasteiger partial charge on any atom is -0.450 e. The third-order valence-electron chi connectivity index (χ3n) is 4.41. The molecule has 3 rings (SSSR count). The molecule has 1 N–H and O–H groups in total. The molecule has 0 spiro atoms. The Morgan fingerprint density at radius 2 is 1.70 bits per heavy atom. The number of rotatable bonds is 4. The Kier molecular flexibility index (Phi) is 6.54. The van der Waals surface area contributed by atoms with Crippen LogP contribution in [-0.4, -0.2) is 49.7 Å². The van der Waals surface area contributed by atoms with Crippen LogP contribution in [0.3, 0.4) is 0 Å². The van der Waals surface area contributed by atoms with Crippen molar-refractivity contribution < 1.29 is 14.3 Å². The second-order valence-electron chi connectivity index (χ2n) is 6.15. The Morgan fingerprint density at radius 1 is 1.04 bits per heavy atom. The highest BCUT2D eigenvalue weighted by Crippen LogP contribution is 2.21. The molecule has 7 heteroatoms. The van der Waals surface area contributed by atoms with Gasteiger partial charge in [-0.2, -0.15) is 0 Å². The van der Waals surface area contributed by atoms with Gasteiger partial charge in [-0.15, -0.1) is 0 Å². The molecule has 1 aliphatic rings. The van der Waals surface area contributed by atoms with E-state index in [2.05, 4.69) is 32.8 Å². The summed E-state index contributed by atoms with van der Waals surface area (Å²) in [6.07, 6.45) is -0.245. The molecule has 142 valence electrons. The minimum absolute atomic E-state index is 0.115. The lowest BCUT2D eigenvalue weighted by atomic mass is 10.2. The molecule has 0 bridgehead atoms. The van der Waals surface area contributed by atoms with Gasteiger partial charge in [0.2, 0.25) is 0 Å². The van der Waals surface area contributed by atoms with Crippen molar-refractivity contribution in [3.8, 4) is 0 Å². The SMILES string of the molecule is CCOC(=O)N1CCN(c2ccc(NC(=O)c3ccccc3I)cc2)CC1. The summed E-state index contributed by atoms with van der Waals surface area (Å²) in [5.74, 6) is -0.115. The Labute approximate surface area is 172 Å². The average Bonchev–Trinajstić information content (AvgIpc) is 2.69. The zero-order valence-corrected chi connectivity index (χ0v) is 17.3. The maximum absolute atomic E-state index is 12.4. The van der Waals surface area contributed by atoms with Crippen LogP contribution in [0.1, 0.15) is 17.3 Å². The van der Waals surface area contributed by atoms with E-state index in [0.29, 0.717) is 25.3 Å². The molecule has 2 aromatic rings. The highest BCUT2D eigenvalue weighted by Gasteiger charge is 2.22. The number of amides is 2. The number of piperazine rings is 1. The van der Waals surface area contributed by atoms with Crippen molar-refractivity contribution in [1.29, 1.82) is 0 Å². The molecule has 0 saturated carbocycles. The number of anilines is 2. The number of hydrogen-bond acceptors (Lipinski definition) is 4. The molecule has 27 heavy (non-hydrogen) atoms. The first kappa shape index (κ1) is 19.5. The van der Waals surface area contributed by atoms with E-state index in [-0.39, 0.29) is 12.0 Å². The van der Waals surface area contributed by atoms with Gasteiger partial charge in [0.25, 0.3) is 5.91 Å². The standard InChI is InChI=1S/C20H22IN3O3/c1-2-27-20(26)24-13-11-23(12-14-24)16-9-7-15(8-10-16)22-19(25)17-5-3-4-6-18(17)21/h3-10H,2,11-14H2,1H3,(H,22,25). The number of hydrogen-bond donors (Lipinski definition) is 1. The van der Waals surface area contributed by atoms with Crippen molar-refractivity contribution in [2.24, 2.45) is 0 Å². The Balaban J connectivity index is 1.57. The lowest BCUT2D eigenvalue weighted by Gasteiger charge is -2.35. The van der Waals surface area contributed by atoms with Crippen molar-refractivity contribution in [2.75, 3.05) is 43.0 Å². The van der Waals surface area contributed by atoms with Crippen LogP contribution >= 0.6 is 22.6 Å². The average molecular weight is 479 g/mol. The minimum atomic E-state index is -0.245. The molecule has 0 atom stereocenters. The molecule has 0 unspecified atom stereocenters. The van der Waals surface area contributed by atoms with Gasteiger partial charge in [-0.1, -0.05) is 12.1 Å². The van der Waals surface area contributed by atoms with Gasteiger partial charge in [-0.05, 0) is 65.9 Å². The summed E-state index contributed by atoms with van der Waals surface area (Å²) < 4.78 is 5.97. The smallest absolute Gasteiger partial charge is 0.409 e. The number of nitrogens with zero attached hydrogens (tertiary/aromatic N) is 2. The molecule has 1 aliphatic heterocycles. The number of nitrogens with one attached hydrogen (secondary N) is 1. The molecule has 1 heterocycles. The van der Waals surface area contributed by atoms with Crippen LogP contribution in [0.15, 0.2) is 48.5 Å². The zero-order chi connectivity index (χ0) is 19.2. The maximum atomic E-state index is 12.4. The summed E-state index contributed by atoms with van der Waals surface area (Å²) >= 11 is 2.16. The number of carbonyl (C=O) groups excluding carboxylic acids is 2. The van der Waals surface area contributed by atoms with E-state index in [4.69, 9.17) is 4.74 Å². The number of benzene rings is 2. The van der Waals surface area contributed by atoms with Gasteiger partial charge in [0.1, 0.15) is 0 Å². The van der Waals surface area contributed by atoms with E-state index in [9.17, 15) is 9.59 Å². The van der Waals surface area contributed by atoms with Crippen LogP contribution in [0.4, 0.5) is 16.2 Å². The highest BCUT2D eigenvalue weighted by atomic mass is 127. The number of carbonyl (C=O) groups is 2. The molecule has 2 aromatic carbocycles. The lowest BCUT2D eigenvalue weighted by molar-refractivity contribution is 0.102. The van der Waals surface area contributed by atoms with Crippen molar-refractivity contribution in [3.63, 3.8) is 0 Å². The van der Waals surface area contributed by atoms with Crippen molar-refractivity contribution in [3.05, 3.63) is 57.7 Å². The zero-order valence-electron chi connectivity index (χ0n) is 15.2. The predicted octanol–water partition coefficient (Wildman–Crippen LogP) is 3.82. The maximum Gasteiger partial charge on any atom is 0.409 e. The molecular formula is C20H22IN3O3. The molecule has 6 nitrogen and oxygen atoms in total. The summed E-state index contributed by atoms with van der Waals surface area (Å²) in [7, 11) is 0. The van der Waals surface area contributed by atoms with Crippen LogP contribution in [0.2, 0.25) is 0 Å². The summed E-state index contributed by atoms with van der Waals surface area (Å²) in [4.78, 5) is 28.1. The normalized spacial score (nSPS) is 14.0. The first-order chi connectivity index (χ1) is 13.1. The van der Waals surface area contributed by atoms with E-state index < -0.39 is 0 Å². The summed E-state index contributed by atoms with van der Waals surface area (Å²) in [6, 6.07) is 15.3. The lowest BCUT2D eigenvalue weighted by Crippen LogP contribution is -2.49. The molecular weight excluding hydrogens is 457 g/mol. The Hall–Kier alpha value is -2.29. The van der Waals surface area contributed by atoms with E-state index in [1.54, 1.807) is 4.90 Å². The third-order valence-corrected chi connectivity index (χ3v) is 5.36. The van der Waals surface area contributed by atoms with Crippen molar-refractivity contribution in [2.45, 2.75) is 6.92 Å². The first-order valence-electron chi connectivity index (χ1n) is 8.91. The van der Waals surface area contributed by atoms with Crippen LogP contribution < -0.4 is 10.2 Å². The number of ether oxygens (including phenoxy) is 1. The van der Waals surface area contributed by atoms with Gasteiger partial charge in [0.05, 0.1) is 12.2 Å². The topological polar surface area (TPSA) is 61.9 Å². The molecule has 1 fully saturated rings. The van der Waals surface area contributed by atoms with Gasteiger partial charge in [0, 0.05) is 41.1 Å². The third kappa shape index (κ3) is 4.91. The fraction of sp³-hybridized carbons (Fsp3) is 0.300. The van der Waals surface area contributed by atoms with Gasteiger partial charge in [-0.3, -0.25) is 4.79 Å². The molecule has 0 aliphatic carbocycles. The molecule has 2 amide bonds. The van der Waals surface area contributed by atoms with Gasteiger partial charge >= 0.3 is 6.09 Å². The fourth-order valence-electron chi connectivity index (χ4n) is 2.96. The summed E-state index contributed by atoms with van der Waals surface area (Å²) in [5, 5.41) is 2.93. The predicted molar refractivity (Wildman–Crippen MR) is 114 cm³/mol. The summed E-state index contributed by atoms with van der Waals surface area (Å²) in [6.45, 7) is 5.01. The van der Waals surface area contributed by atoms with Crippen LogP contribution in [0, 0.1) is 3.57 Å². The van der Waals surface area contributed by atoms with Crippen molar-refractivity contribution >= 4 is 46.0 Å². The second kappa shape index (κ2) is 9.07. The van der Waals surface area contributed by atoms with Gasteiger partial charge in [0.15, 0.2) is 0 Å². The highest BCUT2D eigenvalue weighted by molar-refractivity contribution is 14.1. The molecule has 0 aromatic heterocycles. The van der Waals surface area contributed by atoms with E-state index in [0.717, 1.165) is 28.0 Å². The monoisotopic (exact) mass is 479 g/mol. The fourth-order valence-corrected chi connectivity index (χ4v) is 3.59. The van der Waals surface area contributed by atoms with E-state index >= 15 is 0 Å². The van der Waals surface area contributed by atoms with Crippen LogP contribution in [0.5, 0.6) is 0 Å². The quantitative estimate of drug-likeness (QED) is 0.678. The molecule has 0 radical (unpaired) electrons. The Morgan fingerprint density at radius 3 is 2.33 bits per heavy atom. The Bertz CT molecular complexity index is 802. The largest absolute Gasteiger partial charge is 0.450 e. The van der Waals surface area contributed by atoms with Crippen LogP contribution in [-0.2, 0) is 4.74 Å². The molecule has 1 saturated heterocycles. The second-order valence-corrected chi connectivity index (χ2v) is 7.32. The summed E-state index contributed by atoms with van der Waals surface area (Å²) in [5.41, 5.74) is 2.50. The first-order valence-corrected chi connectivity index (χ1v) is 9.99. The van der Waals surface area contributed by atoms with E-state index in [1.807, 2.05) is 55.5 Å². The number of halogens is 1. The van der Waals surface area contributed by atoms with E-state index in [1.165, 1.54) is 0 Å². The van der Waals surface area contributed by atoms with Gasteiger partial charge in [-0.25, -0.2) is 4.79 Å².